The Labute approximate surface area is 105 Å². The van der Waals surface area contributed by atoms with Gasteiger partial charge in [0.05, 0.1) is 0 Å². The molecule has 2 aromatic rings. The zero-order valence-electron chi connectivity index (χ0n) is 10.7. The summed E-state index contributed by atoms with van der Waals surface area (Å²) in [5.41, 5.74) is 1.26. The smallest absolute Gasteiger partial charge is 0.164 e. The average Bonchev–Trinajstić information content (AvgIpc) is 2.76. The Bertz CT molecular complexity index is 563. The number of rotatable bonds is 3. The molecule has 4 nitrogen and oxygen atoms in total. The predicted octanol–water partition coefficient (Wildman–Crippen LogP) is 2.47. The van der Waals surface area contributed by atoms with E-state index in [1.807, 2.05) is 24.5 Å². The fourth-order valence-corrected chi connectivity index (χ4v) is 1.90. The summed E-state index contributed by atoms with van der Waals surface area (Å²) in [6.07, 6.45) is 0. The van der Waals surface area contributed by atoms with E-state index in [0.717, 1.165) is 0 Å². The van der Waals surface area contributed by atoms with Gasteiger partial charge in [-0.1, -0.05) is 12.1 Å². The summed E-state index contributed by atoms with van der Waals surface area (Å²) in [7, 11) is 0. The van der Waals surface area contributed by atoms with Crippen molar-refractivity contribution in [1.82, 2.24) is 14.8 Å². The van der Waals surface area contributed by atoms with Gasteiger partial charge < -0.3 is 9.67 Å². The third-order valence-electron chi connectivity index (χ3n) is 2.85. The van der Waals surface area contributed by atoms with Crippen LogP contribution in [-0.2, 0) is 6.61 Å². The SMILES string of the molecule is Cc1ccc(-c2nnc(CO)n2C(C)C)cc1F. The number of aromatic nitrogens is 3. The lowest BCUT2D eigenvalue weighted by Gasteiger charge is -2.13. The number of aryl methyl sites for hydroxylation is 1. The van der Waals surface area contributed by atoms with Crippen molar-refractivity contribution >= 4 is 0 Å². The van der Waals surface area contributed by atoms with Crippen molar-refractivity contribution in [2.45, 2.75) is 33.4 Å². The van der Waals surface area contributed by atoms with Crippen LogP contribution in [-0.4, -0.2) is 19.9 Å². The second kappa shape index (κ2) is 4.86. The molecule has 0 saturated carbocycles. The van der Waals surface area contributed by atoms with Crippen LogP contribution in [0.5, 0.6) is 0 Å². The van der Waals surface area contributed by atoms with Gasteiger partial charge in [-0.05, 0) is 32.4 Å². The van der Waals surface area contributed by atoms with Crippen molar-refractivity contribution in [2.24, 2.45) is 0 Å². The number of nitrogens with zero attached hydrogens (tertiary/aromatic N) is 3. The molecule has 0 aliphatic heterocycles. The minimum Gasteiger partial charge on any atom is -0.388 e. The molecule has 1 aromatic carbocycles. The second-order valence-electron chi connectivity index (χ2n) is 4.53. The van der Waals surface area contributed by atoms with Crippen molar-refractivity contribution in [3.63, 3.8) is 0 Å². The van der Waals surface area contributed by atoms with E-state index in [9.17, 15) is 9.50 Å². The molecule has 1 N–H and O–H groups in total. The molecule has 0 fully saturated rings. The molecule has 0 radical (unpaired) electrons. The van der Waals surface area contributed by atoms with E-state index in [4.69, 9.17) is 0 Å². The van der Waals surface area contributed by atoms with E-state index in [0.29, 0.717) is 22.8 Å². The van der Waals surface area contributed by atoms with Crippen LogP contribution in [0.2, 0.25) is 0 Å². The van der Waals surface area contributed by atoms with Crippen molar-refractivity contribution in [3.8, 4) is 11.4 Å². The third-order valence-corrected chi connectivity index (χ3v) is 2.85. The van der Waals surface area contributed by atoms with Gasteiger partial charge in [0.1, 0.15) is 12.4 Å². The first-order valence-corrected chi connectivity index (χ1v) is 5.85. The van der Waals surface area contributed by atoms with E-state index in [-0.39, 0.29) is 18.5 Å². The van der Waals surface area contributed by atoms with E-state index in [1.54, 1.807) is 13.0 Å². The largest absolute Gasteiger partial charge is 0.388 e. The molecule has 1 heterocycles. The first kappa shape index (κ1) is 12.7. The molecule has 0 amide bonds. The van der Waals surface area contributed by atoms with Gasteiger partial charge >= 0.3 is 0 Å². The average molecular weight is 249 g/mol. The maximum absolute atomic E-state index is 13.6. The maximum atomic E-state index is 13.6. The number of aliphatic hydroxyl groups excluding tert-OH is 1. The van der Waals surface area contributed by atoms with Crippen LogP contribution >= 0.6 is 0 Å². The van der Waals surface area contributed by atoms with Gasteiger partial charge in [-0.25, -0.2) is 4.39 Å². The van der Waals surface area contributed by atoms with Gasteiger partial charge in [0.15, 0.2) is 11.6 Å². The number of hydrogen-bond donors (Lipinski definition) is 1. The van der Waals surface area contributed by atoms with Crippen molar-refractivity contribution < 1.29 is 9.50 Å². The van der Waals surface area contributed by atoms with Crippen LogP contribution in [0.15, 0.2) is 18.2 Å². The van der Waals surface area contributed by atoms with Crippen LogP contribution < -0.4 is 0 Å². The van der Waals surface area contributed by atoms with Gasteiger partial charge in [0.2, 0.25) is 0 Å². The Morgan fingerprint density at radius 3 is 2.61 bits per heavy atom. The Kier molecular flexibility index (Phi) is 3.43. The normalized spacial score (nSPS) is 11.2. The van der Waals surface area contributed by atoms with Crippen molar-refractivity contribution in [2.75, 3.05) is 0 Å². The monoisotopic (exact) mass is 249 g/mol. The molecular formula is C13H16FN3O. The summed E-state index contributed by atoms with van der Waals surface area (Å²) in [5.74, 6) is 0.797. The lowest BCUT2D eigenvalue weighted by Crippen LogP contribution is -2.08. The fourth-order valence-electron chi connectivity index (χ4n) is 1.90. The Morgan fingerprint density at radius 1 is 1.33 bits per heavy atom. The van der Waals surface area contributed by atoms with E-state index >= 15 is 0 Å². The molecule has 0 bridgehead atoms. The van der Waals surface area contributed by atoms with Gasteiger partial charge in [0.25, 0.3) is 0 Å². The highest BCUT2D eigenvalue weighted by molar-refractivity contribution is 5.56. The summed E-state index contributed by atoms with van der Waals surface area (Å²) < 4.78 is 15.4. The number of halogens is 1. The zero-order valence-corrected chi connectivity index (χ0v) is 10.7. The minimum atomic E-state index is -0.267. The van der Waals surface area contributed by atoms with Crippen molar-refractivity contribution in [3.05, 3.63) is 35.4 Å². The highest BCUT2D eigenvalue weighted by atomic mass is 19.1. The Morgan fingerprint density at radius 2 is 2.06 bits per heavy atom. The summed E-state index contributed by atoms with van der Waals surface area (Å²) in [4.78, 5) is 0. The molecule has 18 heavy (non-hydrogen) atoms. The molecule has 0 aliphatic carbocycles. The highest BCUT2D eigenvalue weighted by Crippen LogP contribution is 2.24. The molecule has 0 unspecified atom stereocenters. The molecule has 2 rings (SSSR count). The molecule has 0 aliphatic rings. The number of aliphatic hydroxyl groups is 1. The van der Waals surface area contributed by atoms with Crippen LogP contribution in [0.3, 0.4) is 0 Å². The second-order valence-corrected chi connectivity index (χ2v) is 4.53. The topological polar surface area (TPSA) is 50.9 Å². The standard InChI is InChI=1S/C13H16FN3O/c1-8(2)17-12(7-18)15-16-13(17)10-5-4-9(3)11(14)6-10/h4-6,8,18H,7H2,1-3H3. The quantitative estimate of drug-likeness (QED) is 0.909. The fraction of sp³-hybridized carbons (Fsp3) is 0.385. The minimum absolute atomic E-state index is 0.0986. The lowest BCUT2D eigenvalue weighted by molar-refractivity contribution is 0.262. The Hall–Kier alpha value is -1.75. The first-order valence-electron chi connectivity index (χ1n) is 5.85. The van der Waals surface area contributed by atoms with Gasteiger partial charge in [-0.3, -0.25) is 0 Å². The summed E-state index contributed by atoms with van der Waals surface area (Å²) in [6.45, 7) is 5.47. The molecule has 1 aromatic heterocycles. The predicted molar refractivity (Wildman–Crippen MR) is 66.5 cm³/mol. The van der Waals surface area contributed by atoms with Crippen molar-refractivity contribution in [1.29, 1.82) is 0 Å². The summed E-state index contributed by atoms with van der Waals surface area (Å²) >= 11 is 0. The van der Waals surface area contributed by atoms with Crippen LogP contribution in [0.4, 0.5) is 4.39 Å². The molecule has 0 saturated heterocycles. The molecular weight excluding hydrogens is 233 g/mol. The number of hydrogen-bond acceptors (Lipinski definition) is 3. The van der Waals surface area contributed by atoms with Crippen LogP contribution in [0, 0.1) is 12.7 Å². The third kappa shape index (κ3) is 2.13. The number of benzene rings is 1. The maximum Gasteiger partial charge on any atom is 0.164 e. The summed E-state index contributed by atoms with van der Waals surface area (Å²) in [6, 6.07) is 5.06. The van der Waals surface area contributed by atoms with Crippen LogP contribution in [0.1, 0.15) is 31.3 Å². The van der Waals surface area contributed by atoms with Gasteiger partial charge in [0, 0.05) is 11.6 Å². The molecule has 0 atom stereocenters. The highest BCUT2D eigenvalue weighted by Gasteiger charge is 2.16. The zero-order chi connectivity index (χ0) is 13.3. The first-order chi connectivity index (χ1) is 8.54. The van der Waals surface area contributed by atoms with Gasteiger partial charge in [-0.15, -0.1) is 10.2 Å². The summed E-state index contributed by atoms with van der Waals surface area (Å²) in [5, 5.41) is 17.2. The Balaban J connectivity index is 2.56. The van der Waals surface area contributed by atoms with Gasteiger partial charge in [-0.2, -0.15) is 0 Å². The molecule has 0 spiro atoms. The lowest BCUT2D eigenvalue weighted by atomic mass is 10.1. The van der Waals surface area contributed by atoms with E-state index < -0.39 is 0 Å². The van der Waals surface area contributed by atoms with Crippen LogP contribution in [0.25, 0.3) is 11.4 Å². The van der Waals surface area contributed by atoms with E-state index in [1.165, 1.54) is 6.07 Å². The molecule has 5 heteroatoms. The molecule has 96 valence electrons. The van der Waals surface area contributed by atoms with E-state index in [2.05, 4.69) is 10.2 Å².